The zero-order valence-corrected chi connectivity index (χ0v) is 20.8. The molecule has 0 spiro atoms. The van der Waals surface area contributed by atoms with E-state index in [2.05, 4.69) is 4.72 Å². The molecule has 0 radical (unpaired) electrons. The number of nitrogens with zero attached hydrogens (tertiary/aromatic N) is 2. The van der Waals surface area contributed by atoms with E-state index >= 15 is 0 Å². The van der Waals surface area contributed by atoms with Crippen molar-refractivity contribution in [1.29, 1.82) is 0 Å². The van der Waals surface area contributed by atoms with E-state index < -0.39 is 39.1 Å². The second kappa shape index (κ2) is 11.2. The Kier molecular flexibility index (Phi) is 8.28. The largest absolute Gasteiger partial charge is 0.452 e. The van der Waals surface area contributed by atoms with Crippen LogP contribution < -0.4 is 9.62 Å². The van der Waals surface area contributed by atoms with E-state index in [0.29, 0.717) is 5.69 Å². The van der Waals surface area contributed by atoms with Gasteiger partial charge in [0.05, 0.1) is 15.4 Å². The third-order valence-corrected chi connectivity index (χ3v) is 6.64. The lowest BCUT2D eigenvalue weighted by Crippen LogP contribution is -2.39. The number of anilines is 2. The molecule has 188 valence electrons. The average molecular weight is 532 g/mol. The quantitative estimate of drug-likeness (QED) is 0.241. The van der Waals surface area contributed by atoms with Gasteiger partial charge in [-0.3, -0.25) is 19.6 Å². The molecule has 3 aromatic rings. The lowest BCUT2D eigenvalue weighted by Gasteiger charge is -2.26. The van der Waals surface area contributed by atoms with Crippen LogP contribution in [0.1, 0.15) is 24.2 Å². The first-order chi connectivity index (χ1) is 17.0. The number of ether oxygens (including phenoxy) is 1. The Morgan fingerprint density at radius 1 is 1.06 bits per heavy atom. The molecule has 3 rings (SSSR count). The summed E-state index contributed by atoms with van der Waals surface area (Å²) in [4.78, 5) is 36.5. The highest BCUT2D eigenvalue weighted by Crippen LogP contribution is 2.28. The van der Waals surface area contributed by atoms with Gasteiger partial charge in [-0.15, -0.1) is 0 Å². The Balaban J connectivity index is 1.66. The van der Waals surface area contributed by atoms with Crippen LogP contribution in [0.5, 0.6) is 0 Å². The van der Waals surface area contributed by atoms with Crippen LogP contribution in [0, 0.1) is 10.1 Å². The number of benzene rings is 3. The summed E-state index contributed by atoms with van der Waals surface area (Å²) in [6, 6.07) is 17.2. The van der Waals surface area contributed by atoms with Gasteiger partial charge >= 0.3 is 5.97 Å². The van der Waals surface area contributed by atoms with Gasteiger partial charge in [0.2, 0.25) is 0 Å². The number of carbonyl (C=O) groups is 2. The number of nitro benzene ring substituents is 1. The van der Waals surface area contributed by atoms with Crippen LogP contribution in [0.25, 0.3) is 0 Å². The molecule has 36 heavy (non-hydrogen) atoms. The second-order valence-electron chi connectivity index (χ2n) is 7.82. The van der Waals surface area contributed by atoms with Crippen LogP contribution in [0.4, 0.5) is 17.1 Å². The number of nitro groups is 1. The lowest BCUT2D eigenvalue weighted by atomic mass is 10.2. The summed E-state index contributed by atoms with van der Waals surface area (Å²) >= 11 is 5.73. The summed E-state index contributed by atoms with van der Waals surface area (Å²) < 4.78 is 32.6. The molecule has 1 N–H and O–H groups in total. The maximum absolute atomic E-state index is 12.7. The first kappa shape index (κ1) is 26.6. The van der Waals surface area contributed by atoms with Crippen molar-refractivity contribution >= 4 is 50.6 Å². The summed E-state index contributed by atoms with van der Waals surface area (Å²) in [5.41, 5.74) is 0.339. The fraction of sp³-hybridized carbons (Fsp3) is 0.167. The molecule has 0 aromatic heterocycles. The number of hydrogen-bond acceptors (Lipinski definition) is 7. The van der Waals surface area contributed by atoms with Crippen molar-refractivity contribution in [1.82, 2.24) is 0 Å². The number of amides is 1. The molecular weight excluding hydrogens is 510 g/mol. The smallest absolute Gasteiger partial charge is 0.338 e. The van der Waals surface area contributed by atoms with Crippen LogP contribution in [0.15, 0.2) is 77.7 Å². The molecule has 0 saturated heterocycles. The van der Waals surface area contributed by atoms with Crippen LogP contribution in [-0.4, -0.2) is 37.9 Å². The highest BCUT2D eigenvalue weighted by molar-refractivity contribution is 7.92. The zero-order valence-electron chi connectivity index (χ0n) is 19.3. The van der Waals surface area contributed by atoms with E-state index in [0.717, 1.165) is 18.2 Å². The molecule has 1 amide bonds. The molecule has 0 saturated carbocycles. The Morgan fingerprint density at radius 3 is 2.28 bits per heavy atom. The van der Waals surface area contributed by atoms with Gasteiger partial charge in [-0.2, -0.15) is 0 Å². The molecular formula is C24H22ClN3O7S. The Bertz CT molecular complexity index is 1380. The van der Waals surface area contributed by atoms with E-state index in [1.165, 1.54) is 29.2 Å². The van der Waals surface area contributed by atoms with Crippen molar-refractivity contribution in [2.24, 2.45) is 0 Å². The van der Waals surface area contributed by atoms with Crippen molar-refractivity contribution in [2.45, 2.75) is 24.8 Å². The molecule has 0 unspecified atom stereocenters. The molecule has 0 aliphatic carbocycles. The summed E-state index contributed by atoms with van der Waals surface area (Å²) in [5, 5.41) is 10.8. The highest BCUT2D eigenvalue weighted by atomic mass is 35.5. The lowest BCUT2D eigenvalue weighted by molar-refractivity contribution is -0.384. The molecule has 0 bridgehead atoms. The molecule has 0 heterocycles. The molecule has 10 nitrogen and oxygen atoms in total. The Labute approximate surface area is 212 Å². The van der Waals surface area contributed by atoms with Gasteiger partial charge in [0, 0.05) is 23.5 Å². The number of nitrogens with one attached hydrogen (secondary N) is 1. The van der Waals surface area contributed by atoms with Crippen LogP contribution in [0.2, 0.25) is 5.02 Å². The van der Waals surface area contributed by atoms with E-state index in [1.54, 1.807) is 24.3 Å². The van der Waals surface area contributed by atoms with Crippen molar-refractivity contribution < 1.29 is 27.7 Å². The summed E-state index contributed by atoms with van der Waals surface area (Å²) in [6.45, 7) is 3.21. The van der Waals surface area contributed by atoms with Crippen LogP contribution in [0.3, 0.4) is 0 Å². The van der Waals surface area contributed by atoms with Crippen molar-refractivity contribution in [3.8, 4) is 0 Å². The fourth-order valence-electron chi connectivity index (χ4n) is 3.29. The molecule has 0 aliphatic rings. The minimum absolute atomic E-state index is 0.101. The van der Waals surface area contributed by atoms with Gasteiger partial charge in [-0.25, -0.2) is 13.2 Å². The standard InChI is InChI=1S/C24H22ClN3O7S/c1-16(2)27(19-6-4-3-5-7-19)23(29)15-35-24(30)17-8-10-18(11-9-17)26-36(33,34)20-12-13-21(25)22(14-20)28(31)32/h3-14,16,26H,15H2,1-2H3. The van der Waals surface area contributed by atoms with E-state index in [1.807, 2.05) is 19.9 Å². The molecule has 12 heteroatoms. The zero-order chi connectivity index (χ0) is 26.5. The number of esters is 1. The highest BCUT2D eigenvalue weighted by Gasteiger charge is 2.22. The number of rotatable bonds is 9. The predicted molar refractivity (Wildman–Crippen MR) is 135 cm³/mol. The number of sulfonamides is 1. The maximum Gasteiger partial charge on any atom is 0.338 e. The summed E-state index contributed by atoms with van der Waals surface area (Å²) in [6.07, 6.45) is 0. The third kappa shape index (κ3) is 6.37. The number of hydrogen-bond donors (Lipinski definition) is 1. The number of carbonyl (C=O) groups excluding carboxylic acids is 2. The summed E-state index contributed by atoms with van der Waals surface area (Å²) in [7, 11) is -4.16. The molecule has 3 aromatic carbocycles. The molecule has 0 atom stereocenters. The van der Waals surface area contributed by atoms with Crippen molar-refractivity contribution in [3.63, 3.8) is 0 Å². The SMILES string of the molecule is CC(C)N(C(=O)COC(=O)c1ccc(NS(=O)(=O)c2ccc(Cl)c([N+](=O)[O-])c2)cc1)c1ccccc1. The minimum Gasteiger partial charge on any atom is -0.452 e. The number of para-hydroxylation sites is 1. The minimum atomic E-state index is -4.16. The topological polar surface area (TPSA) is 136 Å². The van der Waals surface area contributed by atoms with Gasteiger partial charge in [0.25, 0.3) is 21.6 Å². The second-order valence-corrected chi connectivity index (χ2v) is 9.91. The molecule has 0 fully saturated rings. The van der Waals surface area contributed by atoms with Crippen LogP contribution in [-0.2, 0) is 19.6 Å². The Morgan fingerprint density at radius 2 is 1.69 bits per heavy atom. The fourth-order valence-corrected chi connectivity index (χ4v) is 4.55. The van der Waals surface area contributed by atoms with Crippen molar-refractivity contribution in [3.05, 3.63) is 93.5 Å². The number of halogens is 1. The van der Waals surface area contributed by atoms with Crippen molar-refractivity contribution in [2.75, 3.05) is 16.2 Å². The third-order valence-electron chi connectivity index (χ3n) is 4.94. The average Bonchev–Trinajstić information content (AvgIpc) is 2.83. The predicted octanol–water partition coefficient (Wildman–Crippen LogP) is 4.65. The molecule has 0 aliphatic heterocycles. The monoisotopic (exact) mass is 531 g/mol. The Hall–Kier alpha value is -3.96. The van der Waals surface area contributed by atoms with E-state index in [4.69, 9.17) is 16.3 Å². The first-order valence-electron chi connectivity index (χ1n) is 10.6. The van der Waals surface area contributed by atoms with Gasteiger partial charge in [0.1, 0.15) is 5.02 Å². The van der Waals surface area contributed by atoms with Gasteiger partial charge in [-0.05, 0) is 62.4 Å². The van der Waals surface area contributed by atoms with Gasteiger partial charge < -0.3 is 9.64 Å². The normalized spacial score (nSPS) is 11.1. The van der Waals surface area contributed by atoms with E-state index in [9.17, 15) is 28.1 Å². The maximum atomic E-state index is 12.7. The van der Waals surface area contributed by atoms with E-state index in [-0.39, 0.29) is 27.2 Å². The summed E-state index contributed by atoms with van der Waals surface area (Å²) in [5.74, 6) is -1.16. The van der Waals surface area contributed by atoms with Gasteiger partial charge in [-0.1, -0.05) is 29.8 Å². The first-order valence-corrected chi connectivity index (χ1v) is 12.5. The van der Waals surface area contributed by atoms with Gasteiger partial charge in [0.15, 0.2) is 6.61 Å². The van der Waals surface area contributed by atoms with Crippen LogP contribution >= 0.6 is 11.6 Å².